The van der Waals surface area contributed by atoms with Crippen LogP contribution in [0.15, 0.2) is 12.4 Å². The van der Waals surface area contributed by atoms with Gasteiger partial charge in [-0.25, -0.2) is 9.97 Å². The van der Waals surface area contributed by atoms with E-state index in [0.717, 1.165) is 36.2 Å². The lowest BCUT2D eigenvalue weighted by molar-refractivity contribution is -0.140. The van der Waals surface area contributed by atoms with Crippen molar-refractivity contribution >= 4 is 29.4 Å². The molecular weight excluding hydrogens is 276 g/mol. The summed E-state index contributed by atoms with van der Waals surface area (Å²) in [4.78, 5) is 23.6. The summed E-state index contributed by atoms with van der Waals surface area (Å²) < 4.78 is 0. The van der Waals surface area contributed by atoms with Gasteiger partial charge in [-0.05, 0) is 0 Å². The summed E-state index contributed by atoms with van der Waals surface area (Å²) in [5.41, 5.74) is 0. The molecule has 1 aromatic rings. The number of anilines is 2. The van der Waals surface area contributed by atoms with Crippen LogP contribution in [0.2, 0.25) is 0 Å². The molecule has 0 amide bonds. The summed E-state index contributed by atoms with van der Waals surface area (Å²) in [7, 11) is 1.86. The van der Waals surface area contributed by atoms with E-state index in [1.807, 2.05) is 29.8 Å². The smallest absolute Gasteiger partial charge is 0.308 e. The largest absolute Gasteiger partial charge is 0.481 e. The molecule has 0 aliphatic carbocycles. The van der Waals surface area contributed by atoms with Gasteiger partial charge in [0.1, 0.15) is 18.0 Å². The molecule has 1 aromatic heterocycles. The Balaban J connectivity index is 2.06. The lowest BCUT2D eigenvalue weighted by atomic mass is 10.2. The van der Waals surface area contributed by atoms with E-state index < -0.39 is 11.9 Å². The molecular formula is C13H20N4O2S. The van der Waals surface area contributed by atoms with Crippen LogP contribution >= 0.6 is 11.8 Å². The number of carboxylic acid groups (broad SMARTS) is 1. The van der Waals surface area contributed by atoms with Gasteiger partial charge in [-0.15, -0.1) is 0 Å². The summed E-state index contributed by atoms with van der Waals surface area (Å²) in [6, 6.07) is 1.94. The Morgan fingerprint density at radius 1 is 1.50 bits per heavy atom. The first-order valence-electron chi connectivity index (χ1n) is 6.66. The topological polar surface area (TPSA) is 69.6 Å². The molecule has 1 saturated heterocycles. The highest BCUT2D eigenvalue weighted by Gasteiger charge is 2.17. The zero-order valence-electron chi connectivity index (χ0n) is 11.8. The highest BCUT2D eigenvalue weighted by molar-refractivity contribution is 7.99. The molecule has 0 bridgehead atoms. The van der Waals surface area contributed by atoms with Gasteiger partial charge in [0.05, 0.1) is 5.92 Å². The first-order valence-corrected chi connectivity index (χ1v) is 7.82. The molecule has 1 aliphatic rings. The van der Waals surface area contributed by atoms with Crippen LogP contribution in [0.1, 0.15) is 6.92 Å². The third kappa shape index (κ3) is 3.75. The first kappa shape index (κ1) is 14.9. The highest BCUT2D eigenvalue weighted by atomic mass is 32.2. The molecule has 0 spiro atoms. The second-order valence-electron chi connectivity index (χ2n) is 4.95. The molecule has 1 atom stereocenters. The predicted molar refractivity (Wildman–Crippen MR) is 81.6 cm³/mol. The van der Waals surface area contributed by atoms with E-state index in [1.165, 1.54) is 0 Å². The molecule has 1 aliphatic heterocycles. The Bertz CT molecular complexity index is 465. The maximum atomic E-state index is 10.9. The number of hydrogen-bond acceptors (Lipinski definition) is 6. The van der Waals surface area contributed by atoms with Crippen molar-refractivity contribution in [3.8, 4) is 0 Å². The highest BCUT2D eigenvalue weighted by Crippen LogP contribution is 2.20. The molecule has 0 radical (unpaired) electrons. The molecule has 7 heteroatoms. The average molecular weight is 296 g/mol. The quantitative estimate of drug-likeness (QED) is 0.875. The van der Waals surface area contributed by atoms with Crippen molar-refractivity contribution in [2.75, 3.05) is 48.0 Å². The van der Waals surface area contributed by atoms with Gasteiger partial charge in [-0.3, -0.25) is 4.79 Å². The minimum Gasteiger partial charge on any atom is -0.481 e. The van der Waals surface area contributed by atoms with Gasteiger partial charge in [0.15, 0.2) is 0 Å². The first-order chi connectivity index (χ1) is 9.58. The van der Waals surface area contributed by atoms with Gasteiger partial charge in [-0.1, -0.05) is 6.92 Å². The molecule has 2 rings (SSSR count). The van der Waals surface area contributed by atoms with Gasteiger partial charge in [-0.2, -0.15) is 11.8 Å². The summed E-state index contributed by atoms with van der Waals surface area (Å²) in [6.07, 6.45) is 1.55. The Labute approximate surface area is 123 Å². The molecule has 0 saturated carbocycles. The van der Waals surface area contributed by atoms with Crippen LogP contribution in [0.25, 0.3) is 0 Å². The van der Waals surface area contributed by atoms with Crippen LogP contribution in [0.5, 0.6) is 0 Å². The standard InChI is InChI=1S/C13H20N4O2S/c1-10(13(18)19)8-16(2)11-7-12(15-9-14-11)17-3-5-20-6-4-17/h7,9-10H,3-6,8H2,1-2H3,(H,18,19). The van der Waals surface area contributed by atoms with Crippen LogP contribution in [0, 0.1) is 5.92 Å². The molecule has 20 heavy (non-hydrogen) atoms. The predicted octanol–water partition coefficient (Wildman–Crippen LogP) is 1.19. The number of aromatic nitrogens is 2. The number of aliphatic carboxylic acids is 1. The van der Waals surface area contributed by atoms with Crippen molar-refractivity contribution < 1.29 is 9.90 Å². The van der Waals surface area contributed by atoms with E-state index in [0.29, 0.717) is 6.54 Å². The average Bonchev–Trinajstić information content (AvgIpc) is 2.48. The van der Waals surface area contributed by atoms with Crippen molar-refractivity contribution in [2.24, 2.45) is 5.92 Å². The summed E-state index contributed by atoms with van der Waals surface area (Å²) >= 11 is 1.95. The summed E-state index contributed by atoms with van der Waals surface area (Å²) in [5, 5.41) is 8.97. The van der Waals surface area contributed by atoms with Crippen LogP contribution < -0.4 is 9.80 Å². The van der Waals surface area contributed by atoms with E-state index in [-0.39, 0.29) is 0 Å². The number of nitrogens with zero attached hydrogens (tertiary/aromatic N) is 4. The molecule has 110 valence electrons. The van der Waals surface area contributed by atoms with E-state index in [2.05, 4.69) is 14.9 Å². The molecule has 2 heterocycles. The minimum atomic E-state index is -0.792. The van der Waals surface area contributed by atoms with E-state index in [4.69, 9.17) is 5.11 Å². The van der Waals surface area contributed by atoms with E-state index >= 15 is 0 Å². The van der Waals surface area contributed by atoms with Crippen LogP contribution in [-0.4, -0.2) is 59.2 Å². The van der Waals surface area contributed by atoms with Gasteiger partial charge < -0.3 is 14.9 Å². The monoisotopic (exact) mass is 296 g/mol. The number of rotatable bonds is 5. The van der Waals surface area contributed by atoms with Gasteiger partial charge in [0.2, 0.25) is 0 Å². The lowest BCUT2D eigenvalue weighted by Crippen LogP contribution is -2.34. The number of carbonyl (C=O) groups is 1. The molecule has 1 unspecified atom stereocenters. The van der Waals surface area contributed by atoms with Crippen molar-refractivity contribution in [3.05, 3.63) is 12.4 Å². The SMILES string of the molecule is CC(CN(C)c1cc(N2CCSCC2)ncn1)C(=O)O. The molecule has 1 N–H and O–H groups in total. The lowest BCUT2D eigenvalue weighted by Gasteiger charge is -2.28. The number of hydrogen-bond donors (Lipinski definition) is 1. The Morgan fingerprint density at radius 3 is 2.85 bits per heavy atom. The van der Waals surface area contributed by atoms with Crippen molar-refractivity contribution in [1.29, 1.82) is 0 Å². The maximum Gasteiger partial charge on any atom is 0.308 e. The fraction of sp³-hybridized carbons (Fsp3) is 0.615. The normalized spacial score (nSPS) is 16.8. The van der Waals surface area contributed by atoms with E-state index in [1.54, 1.807) is 13.3 Å². The molecule has 0 aromatic carbocycles. The van der Waals surface area contributed by atoms with Crippen molar-refractivity contribution in [1.82, 2.24) is 9.97 Å². The Hall–Kier alpha value is -1.50. The number of thioether (sulfide) groups is 1. The van der Waals surface area contributed by atoms with Crippen LogP contribution in [0.3, 0.4) is 0 Å². The van der Waals surface area contributed by atoms with Crippen molar-refractivity contribution in [3.63, 3.8) is 0 Å². The maximum absolute atomic E-state index is 10.9. The third-order valence-electron chi connectivity index (χ3n) is 3.33. The number of carboxylic acids is 1. The zero-order chi connectivity index (χ0) is 14.5. The fourth-order valence-electron chi connectivity index (χ4n) is 2.09. The fourth-order valence-corrected chi connectivity index (χ4v) is 3.00. The van der Waals surface area contributed by atoms with Crippen LogP contribution in [0.4, 0.5) is 11.6 Å². The minimum absolute atomic E-state index is 0.426. The summed E-state index contributed by atoms with van der Waals surface area (Å²) in [6.45, 7) is 4.12. The van der Waals surface area contributed by atoms with Gasteiger partial charge in [0.25, 0.3) is 0 Å². The van der Waals surface area contributed by atoms with Crippen LogP contribution in [-0.2, 0) is 4.79 Å². The Morgan fingerprint density at radius 2 is 2.20 bits per heavy atom. The third-order valence-corrected chi connectivity index (χ3v) is 4.28. The van der Waals surface area contributed by atoms with Gasteiger partial charge >= 0.3 is 5.97 Å². The van der Waals surface area contributed by atoms with E-state index in [9.17, 15) is 4.79 Å². The van der Waals surface area contributed by atoms with Crippen molar-refractivity contribution in [2.45, 2.75) is 6.92 Å². The molecule has 6 nitrogen and oxygen atoms in total. The van der Waals surface area contributed by atoms with Gasteiger partial charge in [0, 0.05) is 44.3 Å². The zero-order valence-corrected chi connectivity index (χ0v) is 12.6. The molecule has 1 fully saturated rings. The second-order valence-corrected chi connectivity index (χ2v) is 6.18. The Kier molecular flexibility index (Phi) is 5.05. The summed E-state index contributed by atoms with van der Waals surface area (Å²) in [5.74, 6) is 2.70. The second kappa shape index (κ2) is 6.78.